The van der Waals surface area contributed by atoms with Gasteiger partial charge in [-0.3, -0.25) is 0 Å². The van der Waals surface area contributed by atoms with Gasteiger partial charge in [-0.2, -0.15) is 9.97 Å². The van der Waals surface area contributed by atoms with Gasteiger partial charge in [-0.25, -0.2) is 4.98 Å². The maximum absolute atomic E-state index is 8.60. The van der Waals surface area contributed by atoms with Gasteiger partial charge in [-0.1, -0.05) is 0 Å². The van der Waals surface area contributed by atoms with Gasteiger partial charge in [0.1, 0.15) is 5.52 Å². The van der Waals surface area contributed by atoms with Gasteiger partial charge in [0.05, 0.1) is 26.1 Å². The van der Waals surface area contributed by atoms with E-state index in [-0.39, 0.29) is 12.1 Å². The van der Waals surface area contributed by atoms with Crippen LogP contribution in [0, 0.1) is 0 Å². The molecule has 112 valence electrons. The molecule has 2 aromatic rings. The van der Waals surface area contributed by atoms with E-state index in [0.29, 0.717) is 23.7 Å². The largest absolute Gasteiger partial charge is 0.479 e. The lowest BCUT2D eigenvalue weighted by atomic mass is 10.3. The number of fused-ring (bicyclic) bond motifs is 1. The second-order valence-electron chi connectivity index (χ2n) is 3.71. The number of nitrogens with two attached hydrogens (primary N) is 1. The molecule has 0 bridgehead atoms. The van der Waals surface area contributed by atoms with Gasteiger partial charge in [0.25, 0.3) is 0 Å². The first-order valence-corrected chi connectivity index (χ1v) is 5.92. The molecule has 9 heteroatoms. The molecule has 0 radical (unpaired) electrons. The van der Waals surface area contributed by atoms with E-state index in [1.54, 1.807) is 0 Å². The zero-order chi connectivity index (χ0) is 15.0. The summed E-state index contributed by atoms with van der Waals surface area (Å²) in [5, 5.41) is 15.6. The van der Waals surface area contributed by atoms with Gasteiger partial charge in [-0.15, -0.1) is 0 Å². The van der Waals surface area contributed by atoms with E-state index in [1.165, 1.54) is 13.4 Å². The van der Waals surface area contributed by atoms with Crippen LogP contribution < -0.4 is 10.5 Å². The Balaban J connectivity index is 0.000000211. The molecule has 0 spiro atoms. The molecule has 0 aromatic carbocycles. The van der Waals surface area contributed by atoms with E-state index in [9.17, 15) is 0 Å². The van der Waals surface area contributed by atoms with Crippen molar-refractivity contribution >= 4 is 17.1 Å². The van der Waals surface area contributed by atoms with Crippen molar-refractivity contribution in [2.45, 2.75) is 12.5 Å². The Morgan fingerprint density at radius 3 is 2.70 bits per heavy atom. The summed E-state index contributed by atoms with van der Waals surface area (Å²) in [6.07, 6.45) is 2.16. The molecule has 20 heavy (non-hydrogen) atoms. The number of ether oxygens (including phenoxy) is 2. The number of methoxy groups -OCH3 is 1. The summed E-state index contributed by atoms with van der Waals surface area (Å²) < 4.78 is 9.77. The molecule has 1 aliphatic heterocycles. The number of nitrogen functional groups attached to an aromatic ring is 1. The van der Waals surface area contributed by atoms with Crippen LogP contribution in [0.25, 0.3) is 11.2 Å². The number of aromatic nitrogens is 4. The summed E-state index contributed by atoms with van der Waals surface area (Å²) in [6.45, 7) is 1.28. The Bertz CT molecular complexity index is 512. The molecule has 0 amide bonds. The predicted octanol–water partition coefficient (Wildman–Crippen LogP) is -0.680. The van der Waals surface area contributed by atoms with Crippen LogP contribution in [0.5, 0.6) is 5.88 Å². The molecule has 1 saturated heterocycles. The van der Waals surface area contributed by atoms with E-state index in [1.807, 2.05) is 0 Å². The van der Waals surface area contributed by atoms with Gasteiger partial charge < -0.3 is 30.4 Å². The minimum Gasteiger partial charge on any atom is -0.479 e. The Morgan fingerprint density at radius 1 is 1.45 bits per heavy atom. The van der Waals surface area contributed by atoms with E-state index in [4.69, 9.17) is 25.4 Å². The fourth-order valence-electron chi connectivity index (χ4n) is 1.49. The highest BCUT2D eigenvalue weighted by atomic mass is 16.5. The van der Waals surface area contributed by atoms with Crippen molar-refractivity contribution in [2.24, 2.45) is 0 Å². The van der Waals surface area contributed by atoms with Crippen molar-refractivity contribution in [2.75, 3.05) is 33.2 Å². The molecule has 1 aliphatic rings. The second-order valence-corrected chi connectivity index (χ2v) is 3.71. The Kier molecular flexibility index (Phi) is 6.64. The molecular weight excluding hydrogens is 266 g/mol. The Morgan fingerprint density at radius 2 is 2.20 bits per heavy atom. The van der Waals surface area contributed by atoms with Crippen LogP contribution in [0.15, 0.2) is 6.33 Å². The Labute approximate surface area is 115 Å². The number of nitrogens with zero attached hydrogens (tertiary/aromatic N) is 3. The number of aliphatic hydroxyl groups is 2. The van der Waals surface area contributed by atoms with Crippen molar-refractivity contribution in [3.63, 3.8) is 0 Å². The fourth-order valence-corrected chi connectivity index (χ4v) is 1.49. The number of hydrogen-bond acceptors (Lipinski definition) is 8. The molecule has 0 aliphatic carbocycles. The van der Waals surface area contributed by atoms with Gasteiger partial charge in [0.15, 0.2) is 5.65 Å². The third kappa shape index (κ3) is 4.30. The first-order valence-electron chi connectivity index (χ1n) is 5.92. The van der Waals surface area contributed by atoms with E-state index in [2.05, 4.69) is 19.9 Å². The summed E-state index contributed by atoms with van der Waals surface area (Å²) >= 11 is 0. The number of nitrogens with one attached hydrogen (secondary N) is 1. The van der Waals surface area contributed by atoms with Gasteiger partial charge in [0, 0.05) is 13.7 Å². The number of hydrogen-bond donors (Lipinski definition) is 4. The maximum atomic E-state index is 8.60. The highest BCUT2D eigenvalue weighted by molar-refractivity contribution is 5.76. The first-order chi connectivity index (χ1) is 9.70. The summed E-state index contributed by atoms with van der Waals surface area (Å²) in [7, 11) is 2.52. The molecule has 3 rings (SSSR count). The van der Waals surface area contributed by atoms with Gasteiger partial charge >= 0.3 is 0 Å². The standard InChI is InChI=1S/C6H7N5O.C4H8O2.CH4O/c1-12-5-3-4(9-2-8-3)10-6(7)11-5;5-4-1-2-6-3-4;1-2/h2H,1H3,(H3,7,8,9,10,11);4-5H,1-3H2;2H,1H3/t;4-;/m.0./s1. The lowest BCUT2D eigenvalue weighted by Gasteiger charge is -1.99. The average molecular weight is 285 g/mol. The van der Waals surface area contributed by atoms with Crippen LogP contribution >= 0.6 is 0 Å². The molecule has 1 fully saturated rings. The number of imidazole rings is 1. The van der Waals surface area contributed by atoms with E-state index >= 15 is 0 Å². The topological polar surface area (TPSA) is 139 Å². The zero-order valence-electron chi connectivity index (χ0n) is 11.4. The van der Waals surface area contributed by atoms with Crippen LogP contribution in [0.4, 0.5) is 5.95 Å². The summed E-state index contributed by atoms with van der Waals surface area (Å²) in [6, 6.07) is 0. The molecule has 9 nitrogen and oxygen atoms in total. The lowest BCUT2D eigenvalue weighted by molar-refractivity contribution is 0.127. The van der Waals surface area contributed by atoms with Gasteiger partial charge in [-0.05, 0) is 6.42 Å². The molecule has 1 atom stereocenters. The van der Waals surface area contributed by atoms with Gasteiger partial charge in [0.2, 0.25) is 11.8 Å². The normalized spacial score (nSPS) is 16.9. The minimum atomic E-state index is -0.176. The van der Waals surface area contributed by atoms with Crippen molar-refractivity contribution in [1.29, 1.82) is 0 Å². The number of H-pyrrole nitrogens is 1. The molecule has 3 heterocycles. The molecule has 5 N–H and O–H groups in total. The summed E-state index contributed by atoms with van der Waals surface area (Å²) in [5.41, 5.74) is 6.58. The van der Waals surface area contributed by atoms with Crippen LogP contribution in [0.1, 0.15) is 6.42 Å². The van der Waals surface area contributed by atoms with Crippen LogP contribution in [-0.4, -0.2) is 63.7 Å². The molecular formula is C11H19N5O4. The van der Waals surface area contributed by atoms with E-state index < -0.39 is 0 Å². The molecule has 0 unspecified atom stereocenters. The SMILES string of the molecule is CO.COc1nc(N)nc2nc[nH]c12.O[C@H]1CCOC1. The van der Waals surface area contributed by atoms with Crippen LogP contribution in [0.2, 0.25) is 0 Å². The number of anilines is 1. The maximum Gasteiger partial charge on any atom is 0.244 e. The summed E-state index contributed by atoms with van der Waals surface area (Å²) in [5.74, 6) is 0.571. The predicted molar refractivity (Wildman–Crippen MR) is 72.2 cm³/mol. The number of aliphatic hydroxyl groups excluding tert-OH is 2. The van der Waals surface area contributed by atoms with Crippen LogP contribution in [-0.2, 0) is 4.74 Å². The lowest BCUT2D eigenvalue weighted by Crippen LogP contribution is -2.02. The second kappa shape index (κ2) is 8.25. The van der Waals surface area contributed by atoms with Crippen molar-refractivity contribution in [1.82, 2.24) is 19.9 Å². The third-order valence-electron chi connectivity index (χ3n) is 2.37. The van der Waals surface area contributed by atoms with Crippen molar-refractivity contribution in [3.05, 3.63) is 6.33 Å². The molecule has 0 saturated carbocycles. The first kappa shape index (κ1) is 16.1. The molecule has 2 aromatic heterocycles. The van der Waals surface area contributed by atoms with E-state index in [0.717, 1.165) is 20.1 Å². The fraction of sp³-hybridized carbons (Fsp3) is 0.545. The number of aromatic amines is 1. The monoisotopic (exact) mass is 285 g/mol. The summed E-state index contributed by atoms with van der Waals surface area (Å²) in [4.78, 5) is 14.5. The zero-order valence-corrected chi connectivity index (χ0v) is 11.4. The smallest absolute Gasteiger partial charge is 0.244 e. The quantitative estimate of drug-likeness (QED) is 0.540. The third-order valence-corrected chi connectivity index (χ3v) is 2.37. The van der Waals surface area contributed by atoms with Crippen LogP contribution in [0.3, 0.4) is 0 Å². The van der Waals surface area contributed by atoms with Crippen molar-refractivity contribution < 1.29 is 19.7 Å². The van der Waals surface area contributed by atoms with Crippen molar-refractivity contribution in [3.8, 4) is 5.88 Å². The highest BCUT2D eigenvalue weighted by Crippen LogP contribution is 2.18. The minimum absolute atomic E-state index is 0.159. The Hall–Kier alpha value is -1.97. The average Bonchev–Trinajstić information content (AvgIpc) is 3.11. The highest BCUT2D eigenvalue weighted by Gasteiger charge is 2.09. The number of rotatable bonds is 1.